The lowest BCUT2D eigenvalue weighted by atomic mass is 9.83. The zero-order valence-corrected chi connectivity index (χ0v) is 16.0. The van der Waals surface area contributed by atoms with Gasteiger partial charge in [0.15, 0.2) is 0 Å². The van der Waals surface area contributed by atoms with Crippen molar-refractivity contribution in [1.29, 1.82) is 0 Å². The van der Waals surface area contributed by atoms with Crippen molar-refractivity contribution in [2.75, 3.05) is 13.2 Å². The van der Waals surface area contributed by atoms with Crippen LogP contribution in [0.1, 0.15) is 30.4 Å². The second kappa shape index (κ2) is 7.90. The molecular weight excluding hydrogens is 360 g/mol. The first-order chi connectivity index (χ1) is 13.2. The van der Waals surface area contributed by atoms with Gasteiger partial charge in [-0.05, 0) is 48.6 Å². The zero-order valence-electron chi connectivity index (χ0n) is 15.2. The molecule has 0 aromatic heterocycles. The number of nitrogens with zero attached hydrogens (tertiary/aromatic N) is 2. The number of aliphatic hydroxyl groups excluding tert-OH is 1. The van der Waals surface area contributed by atoms with Gasteiger partial charge in [-0.25, -0.2) is 0 Å². The summed E-state index contributed by atoms with van der Waals surface area (Å²) in [6.45, 7) is 0.601. The molecule has 1 aromatic rings. The van der Waals surface area contributed by atoms with Gasteiger partial charge in [-0.1, -0.05) is 24.3 Å². The van der Waals surface area contributed by atoms with Crippen molar-refractivity contribution in [3.8, 4) is 0 Å². The van der Waals surface area contributed by atoms with Crippen molar-refractivity contribution in [2.45, 2.75) is 38.1 Å². The molecule has 1 aromatic carbocycles. The molecule has 1 N–H and O–H groups in total. The van der Waals surface area contributed by atoms with E-state index in [-0.39, 0.29) is 30.4 Å². The van der Waals surface area contributed by atoms with E-state index in [1.807, 2.05) is 17.5 Å². The number of rotatable bonds is 3. The summed E-state index contributed by atoms with van der Waals surface area (Å²) in [7, 11) is 0. The Hall–Kier alpha value is -2.05. The van der Waals surface area contributed by atoms with Crippen LogP contribution < -0.4 is 0 Å². The van der Waals surface area contributed by atoms with E-state index in [2.05, 4.69) is 12.1 Å². The second-order valence-electron chi connectivity index (χ2n) is 7.32. The minimum atomic E-state index is -0.159. The highest BCUT2D eigenvalue weighted by Crippen LogP contribution is 2.31. The molecule has 27 heavy (non-hydrogen) atoms. The van der Waals surface area contributed by atoms with Crippen LogP contribution in [0.4, 0.5) is 0 Å². The fourth-order valence-electron chi connectivity index (χ4n) is 4.23. The Balaban J connectivity index is 1.52. The Morgan fingerprint density at radius 3 is 2.81 bits per heavy atom. The van der Waals surface area contributed by atoms with Crippen molar-refractivity contribution >= 4 is 23.6 Å². The molecule has 0 saturated carbocycles. The summed E-state index contributed by atoms with van der Waals surface area (Å²) in [5, 5.41) is 13.1. The summed E-state index contributed by atoms with van der Waals surface area (Å²) in [6, 6.07) is 8.13. The summed E-state index contributed by atoms with van der Waals surface area (Å²) in [6.07, 6.45) is 5.83. The molecule has 142 valence electrons. The van der Waals surface area contributed by atoms with Crippen molar-refractivity contribution in [1.82, 2.24) is 9.80 Å². The largest absolute Gasteiger partial charge is 0.394 e. The fourth-order valence-corrected chi connectivity index (χ4v) is 4.84. The summed E-state index contributed by atoms with van der Waals surface area (Å²) in [5.74, 6) is -0.288. The minimum Gasteiger partial charge on any atom is -0.394 e. The van der Waals surface area contributed by atoms with Crippen molar-refractivity contribution in [3.05, 3.63) is 58.1 Å². The number of benzene rings is 1. The van der Waals surface area contributed by atoms with Gasteiger partial charge in [-0.2, -0.15) is 0 Å². The maximum atomic E-state index is 13.2. The molecule has 6 heteroatoms. The van der Waals surface area contributed by atoms with Crippen LogP contribution in [0.25, 0.3) is 0 Å². The van der Waals surface area contributed by atoms with Gasteiger partial charge in [0.05, 0.1) is 12.6 Å². The maximum Gasteiger partial charge on any atom is 0.271 e. The molecule has 2 atom stereocenters. The van der Waals surface area contributed by atoms with Gasteiger partial charge >= 0.3 is 0 Å². The predicted molar refractivity (Wildman–Crippen MR) is 105 cm³/mol. The van der Waals surface area contributed by atoms with E-state index in [0.29, 0.717) is 12.2 Å². The molecule has 1 aliphatic carbocycles. The van der Waals surface area contributed by atoms with Crippen molar-refractivity contribution in [2.24, 2.45) is 5.92 Å². The van der Waals surface area contributed by atoms with Crippen molar-refractivity contribution in [3.63, 3.8) is 0 Å². The van der Waals surface area contributed by atoms with Gasteiger partial charge in [-0.15, -0.1) is 11.8 Å². The lowest BCUT2D eigenvalue weighted by Gasteiger charge is -2.32. The molecule has 5 nitrogen and oxygen atoms in total. The number of aryl methyl sites for hydroxylation is 1. The number of amides is 2. The van der Waals surface area contributed by atoms with Crippen molar-refractivity contribution < 1.29 is 14.7 Å². The number of likely N-dealkylation sites (tertiary alicyclic amines) is 1. The normalized spacial score (nSPS) is 24.6. The molecule has 4 rings (SSSR count). The fraction of sp³-hybridized carbons (Fsp3) is 0.429. The molecule has 2 heterocycles. The maximum absolute atomic E-state index is 13.2. The molecule has 3 aliphatic rings. The van der Waals surface area contributed by atoms with Crippen LogP contribution in [0, 0.1) is 5.92 Å². The average Bonchev–Trinajstić information content (AvgIpc) is 3.21. The quantitative estimate of drug-likeness (QED) is 0.870. The minimum absolute atomic E-state index is 0.0135. The average molecular weight is 385 g/mol. The third-order valence-corrected chi connectivity index (χ3v) is 6.37. The molecule has 2 amide bonds. The summed E-state index contributed by atoms with van der Waals surface area (Å²) < 4.78 is 0. The first kappa shape index (κ1) is 18.3. The van der Waals surface area contributed by atoms with E-state index in [0.717, 1.165) is 32.1 Å². The molecule has 0 bridgehead atoms. The van der Waals surface area contributed by atoms with Crippen LogP contribution in [-0.4, -0.2) is 45.9 Å². The Bertz CT molecular complexity index is 804. The second-order valence-corrected chi connectivity index (χ2v) is 8.10. The third kappa shape index (κ3) is 3.56. The number of fused-ring (bicyclic) bond motifs is 1. The van der Waals surface area contributed by atoms with Gasteiger partial charge in [0.2, 0.25) is 5.91 Å². The van der Waals surface area contributed by atoms with E-state index in [9.17, 15) is 14.7 Å². The van der Waals surface area contributed by atoms with Gasteiger partial charge in [0, 0.05) is 24.1 Å². The molecule has 1 fully saturated rings. The number of thioether (sulfide) groups is 1. The van der Waals surface area contributed by atoms with Gasteiger partial charge in [0.25, 0.3) is 5.91 Å². The first-order valence-corrected chi connectivity index (χ1v) is 10.5. The molecule has 0 spiro atoms. The third-order valence-electron chi connectivity index (χ3n) is 5.73. The monoisotopic (exact) mass is 384 g/mol. The Morgan fingerprint density at radius 2 is 2.00 bits per heavy atom. The SMILES string of the molecule is O=C(C1CCc2ccccc2C1)N1C=CSC=C1C(=O)N1CCC[C@H]1CO. The Morgan fingerprint density at radius 1 is 1.19 bits per heavy atom. The van der Waals surface area contributed by atoms with Gasteiger partial charge in [-0.3, -0.25) is 14.5 Å². The highest BCUT2D eigenvalue weighted by Gasteiger charge is 2.36. The summed E-state index contributed by atoms with van der Waals surface area (Å²) in [4.78, 5) is 29.6. The molecule has 1 unspecified atom stereocenters. The van der Waals surface area contributed by atoms with Crippen LogP contribution in [0.5, 0.6) is 0 Å². The van der Waals surface area contributed by atoms with Crippen LogP contribution in [0.3, 0.4) is 0 Å². The van der Waals surface area contributed by atoms with Crippen LogP contribution in [-0.2, 0) is 22.4 Å². The van der Waals surface area contributed by atoms with E-state index in [1.165, 1.54) is 27.8 Å². The molecule has 2 aliphatic heterocycles. The van der Waals surface area contributed by atoms with Crippen LogP contribution >= 0.6 is 11.8 Å². The van der Waals surface area contributed by atoms with Gasteiger partial charge < -0.3 is 10.0 Å². The highest BCUT2D eigenvalue weighted by molar-refractivity contribution is 8.05. The number of carbonyl (C=O) groups excluding carboxylic acids is 2. The first-order valence-electron chi connectivity index (χ1n) is 9.53. The number of hydrogen-bond acceptors (Lipinski definition) is 4. The Labute approximate surface area is 163 Å². The smallest absolute Gasteiger partial charge is 0.271 e. The lowest BCUT2D eigenvalue weighted by molar-refractivity contribution is -0.137. The van der Waals surface area contributed by atoms with Crippen LogP contribution in [0.2, 0.25) is 0 Å². The highest BCUT2D eigenvalue weighted by atomic mass is 32.2. The van der Waals surface area contributed by atoms with Crippen LogP contribution in [0.15, 0.2) is 47.0 Å². The molecule has 0 radical (unpaired) electrons. The lowest BCUT2D eigenvalue weighted by Crippen LogP contribution is -2.44. The number of aliphatic hydroxyl groups is 1. The van der Waals surface area contributed by atoms with Gasteiger partial charge in [0.1, 0.15) is 5.70 Å². The van der Waals surface area contributed by atoms with E-state index >= 15 is 0 Å². The van der Waals surface area contributed by atoms with E-state index < -0.39 is 0 Å². The standard InChI is InChI=1S/C21H24N2O3S/c24-13-18-6-3-9-22(18)21(26)19-14-27-11-10-23(19)20(25)17-8-7-15-4-1-2-5-16(15)12-17/h1-2,4-5,10-11,14,17-18,24H,3,6-9,12-13H2/t17?,18-/m0/s1. The van der Waals surface area contributed by atoms with E-state index in [4.69, 9.17) is 0 Å². The zero-order chi connectivity index (χ0) is 18.8. The van der Waals surface area contributed by atoms with E-state index in [1.54, 1.807) is 16.5 Å². The summed E-state index contributed by atoms with van der Waals surface area (Å²) >= 11 is 1.41. The number of carbonyl (C=O) groups is 2. The molecule has 1 saturated heterocycles. The predicted octanol–water partition coefficient (Wildman–Crippen LogP) is 2.66. The Kier molecular flexibility index (Phi) is 5.36. The summed E-state index contributed by atoms with van der Waals surface area (Å²) in [5.41, 5.74) is 2.96. The number of hydrogen-bond donors (Lipinski definition) is 1. The topological polar surface area (TPSA) is 60.9 Å². The molecular formula is C21H24N2O3S.